The van der Waals surface area contributed by atoms with Crippen molar-refractivity contribution in [3.63, 3.8) is 0 Å². The van der Waals surface area contributed by atoms with Crippen LogP contribution in [-0.4, -0.2) is 22.2 Å². The van der Waals surface area contributed by atoms with Crippen molar-refractivity contribution >= 4 is 0 Å². The number of hydrogen-bond donors (Lipinski definition) is 2. The van der Waals surface area contributed by atoms with Crippen LogP contribution in [0.15, 0.2) is 24.3 Å². The van der Waals surface area contributed by atoms with Crippen molar-refractivity contribution in [2.75, 3.05) is 7.11 Å². The zero-order chi connectivity index (χ0) is 11.5. The molecule has 0 aliphatic carbocycles. The number of hydrogen-bond acceptors (Lipinski definition) is 3. The molecule has 0 amide bonds. The minimum absolute atomic E-state index is 0.0873. The van der Waals surface area contributed by atoms with Crippen molar-refractivity contribution in [1.29, 1.82) is 0 Å². The summed E-state index contributed by atoms with van der Waals surface area (Å²) in [6, 6.07) is 7.69. The number of H-pyrrole nitrogens is 1. The molecule has 0 aliphatic heterocycles. The summed E-state index contributed by atoms with van der Waals surface area (Å²) in [7, 11) is 1.63. The van der Waals surface area contributed by atoms with Crippen LogP contribution in [0, 0.1) is 6.92 Å². The molecule has 2 rings (SSSR count). The Morgan fingerprint density at radius 3 is 2.75 bits per heavy atom. The van der Waals surface area contributed by atoms with E-state index in [4.69, 9.17) is 9.84 Å². The van der Waals surface area contributed by atoms with Crippen LogP contribution in [0.3, 0.4) is 0 Å². The molecular formula is C12H14N2O2. The Labute approximate surface area is 93.9 Å². The van der Waals surface area contributed by atoms with E-state index in [9.17, 15) is 0 Å². The van der Waals surface area contributed by atoms with Gasteiger partial charge in [0, 0.05) is 11.3 Å². The Hall–Kier alpha value is -1.81. The first kappa shape index (κ1) is 10.7. The van der Waals surface area contributed by atoms with E-state index in [1.165, 1.54) is 0 Å². The van der Waals surface area contributed by atoms with Gasteiger partial charge in [0.1, 0.15) is 18.2 Å². The summed E-state index contributed by atoms with van der Waals surface area (Å²) in [5.41, 5.74) is 2.67. The lowest BCUT2D eigenvalue weighted by molar-refractivity contribution is 0.272. The van der Waals surface area contributed by atoms with Gasteiger partial charge in [0.2, 0.25) is 0 Å². The van der Waals surface area contributed by atoms with Gasteiger partial charge in [0.25, 0.3) is 0 Å². The minimum atomic E-state index is -0.0873. The topological polar surface area (TPSA) is 58.1 Å². The molecule has 2 aromatic rings. The van der Waals surface area contributed by atoms with Gasteiger partial charge in [-0.3, -0.25) is 0 Å². The summed E-state index contributed by atoms with van der Waals surface area (Å²) in [4.78, 5) is 7.35. The van der Waals surface area contributed by atoms with Crippen LogP contribution in [0.4, 0.5) is 0 Å². The fourth-order valence-corrected chi connectivity index (χ4v) is 1.70. The van der Waals surface area contributed by atoms with Crippen LogP contribution < -0.4 is 4.74 Å². The number of methoxy groups -OCH3 is 1. The lowest BCUT2D eigenvalue weighted by Gasteiger charge is -2.05. The predicted molar refractivity (Wildman–Crippen MR) is 61.2 cm³/mol. The van der Waals surface area contributed by atoms with Gasteiger partial charge in [-0.25, -0.2) is 4.98 Å². The summed E-state index contributed by atoms with van der Waals surface area (Å²) in [6.07, 6.45) is 0. The molecule has 0 fully saturated rings. The first-order valence-electron chi connectivity index (χ1n) is 5.06. The SMILES string of the molecule is COc1ccccc1-c1nc(CO)[nH]c1C. The van der Waals surface area contributed by atoms with Gasteiger partial charge >= 0.3 is 0 Å². The number of nitrogens with one attached hydrogen (secondary N) is 1. The highest BCUT2D eigenvalue weighted by Crippen LogP contribution is 2.30. The maximum absolute atomic E-state index is 9.02. The number of imidazole rings is 1. The van der Waals surface area contributed by atoms with Crippen molar-refractivity contribution in [2.45, 2.75) is 13.5 Å². The molecule has 0 unspecified atom stereocenters. The van der Waals surface area contributed by atoms with E-state index in [1.54, 1.807) is 7.11 Å². The predicted octanol–water partition coefficient (Wildman–Crippen LogP) is 1.89. The van der Waals surface area contributed by atoms with E-state index < -0.39 is 0 Å². The third-order valence-electron chi connectivity index (χ3n) is 2.45. The summed E-state index contributed by atoms with van der Waals surface area (Å²) >= 11 is 0. The molecule has 0 bridgehead atoms. The Bertz CT molecular complexity index is 492. The number of aryl methyl sites for hydroxylation is 1. The van der Waals surface area contributed by atoms with Gasteiger partial charge < -0.3 is 14.8 Å². The van der Waals surface area contributed by atoms with Gasteiger partial charge in [-0.15, -0.1) is 0 Å². The smallest absolute Gasteiger partial charge is 0.132 e. The second kappa shape index (κ2) is 4.37. The zero-order valence-corrected chi connectivity index (χ0v) is 9.32. The molecule has 0 aliphatic rings. The molecule has 0 spiro atoms. The molecular weight excluding hydrogens is 204 g/mol. The third kappa shape index (κ3) is 1.79. The number of para-hydroxylation sites is 1. The van der Waals surface area contributed by atoms with Gasteiger partial charge in [-0.1, -0.05) is 12.1 Å². The Morgan fingerprint density at radius 2 is 2.12 bits per heavy atom. The number of benzene rings is 1. The number of nitrogens with zero attached hydrogens (tertiary/aromatic N) is 1. The van der Waals surface area contributed by atoms with Crippen molar-refractivity contribution in [1.82, 2.24) is 9.97 Å². The number of aromatic amines is 1. The molecule has 1 heterocycles. The average Bonchev–Trinajstić information content (AvgIpc) is 2.70. The molecule has 4 nitrogen and oxygen atoms in total. The molecule has 4 heteroatoms. The van der Waals surface area contributed by atoms with E-state index in [2.05, 4.69) is 9.97 Å². The lowest BCUT2D eigenvalue weighted by Crippen LogP contribution is -1.89. The van der Waals surface area contributed by atoms with E-state index >= 15 is 0 Å². The van der Waals surface area contributed by atoms with Crippen molar-refractivity contribution in [2.24, 2.45) is 0 Å². The van der Waals surface area contributed by atoms with Gasteiger partial charge in [-0.2, -0.15) is 0 Å². The lowest BCUT2D eigenvalue weighted by atomic mass is 10.1. The first-order chi connectivity index (χ1) is 7.76. The first-order valence-corrected chi connectivity index (χ1v) is 5.06. The maximum atomic E-state index is 9.02. The Kier molecular flexibility index (Phi) is 2.92. The number of ether oxygens (including phenoxy) is 1. The van der Waals surface area contributed by atoms with Gasteiger partial charge in [-0.05, 0) is 19.1 Å². The second-order valence-electron chi connectivity index (χ2n) is 3.52. The summed E-state index contributed by atoms with van der Waals surface area (Å²) in [6.45, 7) is 1.84. The second-order valence-corrected chi connectivity index (χ2v) is 3.52. The minimum Gasteiger partial charge on any atom is -0.496 e. The summed E-state index contributed by atoms with van der Waals surface area (Å²) in [5.74, 6) is 1.35. The Balaban J connectivity index is 2.53. The van der Waals surface area contributed by atoms with Crippen LogP contribution in [0.25, 0.3) is 11.3 Å². The van der Waals surface area contributed by atoms with Crippen LogP contribution in [-0.2, 0) is 6.61 Å². The monoisotopic (exact) mass is 218 g/mol. The normalized spacial score (nSPS) is 10.4. The van der Waals surface area contributed by atoms with Crippen LogP contribution in [0.2, 0.25) is 0 Å². The molecule has 0 atom stereocenters. The third-order valence-corrected chi connectivity index (χ3v) is 2.45. The standard InChI is InChI=1S/C12H14N2O2/c1-8-12(14-11(7-15)13-8)9-5-3-4-6-10(9)16-2/h3-6,15H,7H2,1-2H3,(H,13,14). The van der Waals surface area contributed by atoms with E-state index in [0.717, 1.165) is 22.7 Å². The van der Waals surface area contributed by atoms with Crippen molar-refractivity contribution < 1.29 is 9.84 Å². The molecule has 0 radical (unpaired) electrons. The molecule has 16 heavy (non-hydrogen) atoms. The van der Waals surface area contributed by atoms with Crippen LogP contribution in [0.5, 0.6) is 5.75 Å². The average molecular weight is 218 g/mol. The van der Waals surface area contributed by atoms with Gasteiger partial charge in [0.05, 0.1) is 12.8 Å². The number of aliphatic hydroxyl groups is 1. The molecule has 1 aromatic heterocycles. The number of aromatic nitrogens is 2. The number of aliphatic hydroxyl groups excluding tert-OH is 1. The fourth-order valence-electron chi connectivity index (χ4n) is 1.70. The highest BCUT2D eigenvalue weighted by molar-refractivity contribution is 5.69. The fraction of sp³-hybridized carbons (Fsp3) is 0.250. The molecule has 0 saturated carbocycles. The maximum Gasteiger partial charge on any atom is 0.132 e. The van der Waals surface area contributed by atoms with Crippen LogP contribution >= 0.6 is 0 Å². The Morgan fingerprint density at radius 1 is 1.38 bits per heavy atom. The van der Waals surface area contributed by atoms with Crippen molar-refractivity contribution in [3.8, 4) is 17.0 Å². The van der Waals surface area contributed by atoms with Gasteiger partial charge in [0.15, 0.2) is 0 Å². The van der Waals surface area contributed by atoms with Crippen molar-refractivity contribution in [3.05, 3.63) is 35.8 Å². The molecule has 0 saturated heterocycles. The highest BCUT2D eigenvalue weighted by atomic mass is 16.5. The molecule has 2 N–H and O–H groups in total. The highest BCUT2D eigenvalue weighted by Gasteiger charge is 2.12. The van der Waals surface area contributed by atoms with E-state index in [0.29, 0.717) is 5.82 Å². The molecule has 1 aromatic carbocycles. The molecule has 84 valence electrons. The van der Waals surface area contributed by atoms with E-state index in [-0.39, 0.29) is 6.61 Å². The summed E-state index contributed by atoms with van der Waals surface area (Å²) < 4.78 is 5.28. The largest absolute Gasteiger partial charge is 0.496 e. The quantitative estimate of drug-likeness (QED) is 0.827. The zero-order valence-electron chi connectivity index (χ0n) is 9.32. The van der Waals surface area contributed by atoms with Crippen LogP contribution in [0.1, 0.15) is 11.5 Å². The number of rotatable bonds is 3. The summed E-state index contributed by atoms with van der Waals surface area (Å²) in [5, 5.41) is 9.02. The van der Waals surface area contributed by atoms with E-state index in [1.807, 2.05) is 31.2 Å².